The van der Waals surface area contributed by atoms with Crippen molar-refractivity contribution in [3.63, 3.8) is 0 Å². The molecule has 0 radical (unpaired) electrons. The van der Waals surface area contributed by atoms with Crippen LogP contribution >= 0.6 is 0 Å². The highest BCUT2D eigenvalue weighted by Crippen LogP contribution is 2.23. The molecule has 0 aliphatic rings. The minimum atomic E-state index is 0.941. The molecule has 0 saturated heterocycles. The highest BCUT2D eigenvalue weighted by Gasteiger charge is 2.10. The summed E-state index contributed by atoms with van der Waals surface area (Å²) in [6.45, 7) is 9.44. The molecule has 0 saturated carbocycles. The van der Waals surface area contributed by atoms with Crippen LogP contribution < -0.4 is 0 Å². The van der Waals surface area contributed by atoms with E-state index in [1.165, 1.54) is 51.4 Å². The van der Waals surface area contributed by atoms with Crippen molar-refractivity contribution in [3.8, 4) is 0 Å². The zero-order valence-corrected chi connectivity index (χ0v) is 10.8. The molecule has 14 heavy (non-hydrogen) atoms. The summed E-state index contributed by atoms with van der Waals surface area (Å²) in [5.41, 5.74) is 0. The van der Waals surface area contributed by atoms with Crippen LogP contribution in [-0.4, -0.2) is 0 Å². The number of unbranched alkanes of at least 4 members (excludes halogenated alkanes) is 4. The summed E-state index contributed by atoms with van der Waals surface area (Å²) >= 11 is 0. The second-order valence-corrected chi connectivity index (χ2v) is 4.95. The van der Waals surface area contributed by atoms with Gasteiger partial charge in [-0.3, -0.25) is 0 Å². The first kappa shape index (κ1) is 14.0. The third-order valence-electron chi connectivity index (χ3n) is 3.50. The average molecular weight is 198 g/mol. The van der Waals surface area contributed by atoms with Crippen LogP contribution in [0.5, 0.6) is 0 Å². The Kier molecular flexibility index (Phi) is 9.55. The van der Waals surface area contributed by atoms with Crippen molar-refractivity contribution in [2.45, 2.75) is 79.1 Å². The molecule has 0 aromatic carbocycles. The standard InChI is InChI=1S/C14H30/c1-5-7-9-10-12-14(4)13(3)11-8-6-2/h13-14H,5-12H2,1-4H3. The zero-order valence-electron chi connectivity index (χ0n) is 10.8. The Morgan fingerprint density at radius 2 is 1.14 bits per heavy atom. The van der Waals surface area contributed by atoms with Crippen LogP contribution in [0.15, 0.2) is 0 Å². The van der Waals surface area contributed by atoms with E-state index in [9.17, 15) is 0 Å². The molecule has 0 bridgehead atoms. The molecule has 0 heterocycles. The Bertz CT molecular complexity index is 107. The average Bonchev–Trinajstić information content (AvgIpc) is 2.20. The molecule has 0 aromatic heterocycles. The third kappa shape index (κ3) is 7.41. The molecule has 0 nitrogen and oxygen atoms in total. The van der Waals surface area contributed by atoms with Crippen molar-refractivity contribution >= 4 is 0 Å². The van der Waals surface area contributed by atoms with E-state index in [1.807, 2.05) is 0 Å². The fraction of sp³-hybridized carbons (Fsp3) is 1.00. The molecular weight excluding hydrogens is 168 g/mol. The Morgan fingerprint density at radius 3 is 1.64 bits per heavy atom. The molecule has 0 fully saturated rings. The molecule has 86 valence electrons. The quantitative estimate of drug-likeness (QED) is 0.434. The van der Waals surface area contributed by atoms with Crippen molar-refractivity contribution in [3.05, 3.63) is 0 Å². The molecule has 0 heteroatoms. The Hall–Kier alpha value is 0. The molecule has 2 atom stereocenters. The first-order valence-electron chi connectivity index (χ1n) is 6.72. The highest BCUT2D eigenvalue weighted by atomic mass is 14.2. The lowest BCUT2D eigenvalue weighted by atomic mass is 9.87. The smallest absolute Gasteiger partial charge is 0.0417 e. The third-order valence-corrected chi connectivity index (χ3v) is 3.50. The van der Waals surface area contributed by atoms with E-state index in [2.05, 4.69) is 27.7 Å². The van der Waals surface area contributed by atoms with Gasteiger partial charge in [-0.2, -0.15) is 0 Å². The Balaban J connectivity index is 3.36. The highest BCUT2D eigenvalue weighted by molar-refractivity contribution is 4.62. The van der Waals surface area contributed by atoms with Crippen LogP contribution in [0.25, 0.3) is 0 Å². The van der Waals surface area contributed by atoms with Gasteiger partial charge in [0.1, 0.15) is 0 Å². The summed E-state index contributed by atoms with van der Waals surface area (Å²) < 4.78 is 0. The maximum atomic E-state index is 2.44. The maximum Gasteiger partial charge on any atom is -0.0417 e. The second kappa shape index (κ2) is 9.55. The zero-order chi connectivity index (χ0) is 10.8. The monoisotopic (exact) mass is 198 g/mol. The minimum absolute atomic E-state index is 0.941. The van der Waals surface area contributed by atoms with Gasteiger partial charge >= 0.3 is 0 Å². The van der Waals surface area contributed by atoms with Gasteiger partial charge in [0.2, 0.25) is 0 Å². The van der Waals surface area contributed by atoms with Crippen molar-refractivity contribution in [2.75, 3.05) is 0 Å². The van der Waals surface area contributed by atoms with Crippen molar-refractivity contribution in [1.29, 1.82) is 0 Å². The van der Waals surface area contributed by atoms with Gasteiger partial charge in [0.25, 0.3) is 0 Å². The topological polar surface area (TPSA) is 0 Å². The molecule has 0 aromatic rings. The van der Waals surface area contributed by atoms with Gasteiger partial charge in [-0.25, -0.2) is 0 Å². The van der Waals surface area contributed by atoms with Crippen LogP contribution in [-0.2, 0) is 0 Å². The van der Waals surface area contributed by atoms with Gasteiger partial charge in [0.15, 0.2) is 0 Å². The fourth-order valence-corrected chi connectivity index (χ4v) is 1.99. The lowest BCUT2D eigenvalue weighted by Gasteiger charge is -2.19. The SMILES string of the molecule is CCCCCCC(C)C(C)CCCC. The summed E-state index contributed by atoms with van der Waals surface area (Å²) in [4.78, 5) is 0. The normalized spacial score (nSPS) is 15.4. The van der Waals surface area contributed by atoms with Crippen molar-refractivity contribution < 1.29 is 0 Å². The van der Waals surface area contributed by atoms with Gasteiger partial charge < -0.3 is 0 Å². The molecule has 0 N–H and O–H groups in total. The molecule has 0 aliphatic carbocycles. The summed E-state index contributed by atoms with van der Waals surface area (Å²) in [5, 5.41) is 0. The second-order valence-electron chi connectivity index (χ2n) is 4.95. The van der Waals surface area contributed by atoms with E-state index in [-0.39, 0.29) is 0 Å². The van der Waals surface area contributed by atoms with Gasteiger partial charge in [-0.1, -0.05) is 79.1 Å². The molecule has 0 amide bonds. The fourth-order valence-electron chi connectivity index (χ4n) is 1.99. The van der Waals surface area contributed by atoms with E-state index in [1.54, 1.807) is 0 Å². The first-order chi connectivity index (χ1) is 6.72. The van der Waals surface area contributed by atoms with Gasteiger partial charge in [0.05, 0.1) is 0 Å². The van der Waals surface area contributed by atoms with Crippen LogP contribution in [0.1, 0.15) is 79.1 Å². The minimum Gasteiger partial charge on any atom is -0.0654 e. The van der Waals surface area contributed by atoms with Crippen LogP contribution in [0.2, 0.25) is 0 Å². The molecule has 0 aliphatic heterocycles. The van der Waals surface area contributed by atoms with Crippen LogP contribution in [0, 0.1) is 11.8 Å². The summed E-state index contributed by atoms with van der Waals surface area (Å²) in [7, 11) is 0. The molecule has 0 spiro atoms. The van der Waals surface area contributed by atoms with Crippen LogP contribution in [0.3, 0.4) is 0 Å². The maximum absolute atomic E-state index is 2.44. The van der Waals surface area contributed by atoms with E-state index in [0.717, 1.165) is 11.8 Å². The van der Waals surface area contributed by atoms with Crippen molar-refractivity contribution in [1.82, 2.24) is 0 Å². The summed E-state index contributed by atoms with van der Waals surface area (Å²) in [6, 6.07) is 0. The van der Waals surface area contributed by atoms with Gasteiger partial charge in [0, 0.05) is 0 Å². The first-order valence-corrected chi connectivity index (χ1v) is 6.72. The summed E-state index contributed by atoms with van der Waals surface area (Å²) in [6.07, 6.45) is 11.3. The van der Waals surface area contributed by atoms with E-state index >= 15 is 0 Å². The molecular formula is C14H30. The number of hydrogen-bond acceptors (Lipinski definition) is 0. The number of rotatable bonds is 9. The molecule has 0 rings (SSSR count). The predicted octanol–water partition coefficient (Wildman–Crippen LogP) is 5.42. The van der Waals surface area contributed by atoms with E-state index in [0.29, 0.717) is 0 Å². The lowest BCUT2D eigenvalue weighted by molar-refractivity contribution is 0.326. The van der Waals surface area contributed by atoms with Crippen LogP contribution in [0.4, 0.5) is 0 Å². The van der Waals surface area contributed by atoms with Crippen molar-refractivity contribution in [2.24, 2.45) is 11.8 Å². The van der Waals surface area contributed by atoms with Gasteiger partial charge in [-0.05, 0) is 11.8 Å². The Morgan fingerprint density at radius 1 is 0.643 bits per heavy atom. The van der Waals surface area contributed by atoms with Gasteiger partial charge in [-0.15, -0.1) is 0 Å². The predicted molar refractivity (Wildman–Crippen MR) is 66.6 cm³/mol. The number of hydrogen-bond donors (Lipinski definition) is 0. The largest absolute Gasteiger partial charge is 0.0654 e. The van der Waals surface area contributed by atoms with E-state index in [4.69, 9.17) is 0 Å². The molecule has 2 unspecified atom stereocenters. The summed E-state index contributed by atoms with van der Waals surface area (Å²) in [5.74, 6) is 1.88. The lowest BCUT2D eigenvalue weighted by Crippen LogP contribution is -2.07. The Labute approximate surface area is 91.5 Å². The van der Waals surface area contributed by atoms with E-state index < -0.39 is 0 Å².